The molecule has 1 saturated heterocycles. The zero-order valence-electron chi connectivity index (χ0n) is 8.80. The molecule has 1 aliphatic rings. The van der Waals surface area contributed by atoms with Crippen molar-refractivity contribution in [2.75, 3.05) is 25.0 Å². The van der Waals surface area contributed by atoms with E-state index in [2.05, 4.69) is 10.6 Å². The Labute approximate surface area is 96.0 Å². The van der Waals surface area contributed by atoms with Crippen molar-refractivity contribution >= 4 is 17.3 Å². The van der Waals surface area contributed by atoms with Crippen LogP contribution >= 0.6 is 11.6 Å². The fourth-order valence-electron chi connectivity index (χ4n) is 1.94. The Morgan fingerprint density at radius 2 is 2.00 bits per heavy atom. The first-order chi connectivity index (χ1) is 7.36. The van der Waals surface area contributed by atoms with Gasteiger partial charge in [0.25, 0.3) is 0 Å². The van der Waals surface area contributed by atoms with Crippen LogP contribution in [0.1, 0.15) is 12.8 Å². The average molecular weight is 225 g/mol. The van der Waals surface area contributed by atoms with Crippen LogP contribution in [-0.2, 0) is 0 Å². The average Bonchev–Trinajstić information content (AvgIpc) is 2.29. The summed E-state index contributed by atoms with van der Waals surface area (Å²) in [6.45, 7) is 3.33. The van der Waals surface area contributed by atoms with E-state index in [9.17, 15) is 0 Å². The first-order valence-electron chi connectivity index (χ1n) is 5.55. The molecule has 0 aliphatic carbocycles. The molecule has 0 unspecified atom stereocenters. The minimum Gasteiger partial charge on any atom is -0.384 e. The summed E-state index contributed by atoms with van der Waals surface area (Å²) in [5.74, 6) is 0.780. The van der Waals surface area contributed by atoms with Crippen molar-refractivity contribution in [1.82, 2.24) is 5.32 Å². The zero-order valence-corrected chi connectivity index (χ0v) is 9.56. The van der Waals surface area contributed by atoms with Gasteiger partial charge in [0.05, 0.1) is 10.7 Å². The summed E-state index contributed by atoms with van der Waals surface area (Å²) >= 11 is 6.07. The smallest absolute Gasteiger partial charge is 0.0637 e. The van der Waals surface area contributed by atoms with Gasteiger partial charge in [-0.1, -0.05) is 23.7 Å². The van der Waals surface area contributed by atoms with Gasteiger partial charge in [-0.25, -0.2) is 0 Å². The number of hydrogen-bond donors (Lipinski definition) is 2. The Morgan fingerprint density at radius 1 is 1.27 bits per heavy atom. The van der Waals surface area contributed by atoms with Gasteiger partial charge in [-0.05, 0) is 44.0 Å². The maximum atomic E-state index is 6.07. The highest BCUT2D eigenvalue weighted by molar-refractivity contribution is 6.33. The van der Waals surface area contributed by atoms with Crippen molar-refractivity contribution in [2.24, 2.45) is 5.92 Å². The van der Waals surface area contributed by atoms with E-state index in [1.54, 1.807) is 0 Å². The maximum Gasteiger partial charge on any atom is 0.0637 e. The van der Waals surface area contributed by atoms with E-state index in [4.69, 9.17) is 11.6 Å². The molecule has 0 spiro atoms. The van der Waals surface area contributed by atoms with Gasteiger partial charge >= 0.3 is 0 Å². The minimum absolute atomic E-state index is 0.780. The SMILES string of the molecule is Clc1ccccc1NCC1CCNCC1. The van der Waals surface area contributed by atoms with E-state index in [0.717, 1.165) is 36.3 Å². The normalized spacial score (nSPS) is 17.7. The van der Waals surface area contributed by atoms with Crippen LogP contribution in [0.2, 0.25) is 5.02 Å². The number of benzene rings is 1. The summed E-state index contributed by atoms with van der Waals surface area (Å²) in [4.78, 5) is 0. The van der Waals surface area contributed by atoms with Crippen molar-refractivity contribution in [3.05, 3.63) is 29.3 Å². The fraction of sp³-hybridized carbons (Fsp3) is 0.500. The van der Waals surface area contributed by atoms with Crippen molar-refractivity contribution < 1.29 is 0 Å². The van der Waals surface area contributed by atoms with Crippen LogP contribution in [-0.4, -0.2) is 19.6 Å². The first-order valence-corrected chi connectivity index (χ1v) is 5.93. The van der Waals surface area contributed by atoms with Gasteiger partial charge < -0.3 is 10.6 Å². The third kappa shape index (κ3) is 3.11. The first kappa shape index (κ1) is 10.8. The van der Waals surface area contributed by atoms with Gasteiger partial charge in [0, 0.05) is 6.54 Å². The summed E-state index contributed by atoms with van der Waals surface area (Å²) in [7, 11) is 0. The number of nitrogens with one attached hydrogen (secondary N) is 2. The van der Waals surface area contributed by atoms with Crippen molar-refractivity contribution in [3.8, 4) is 0 Å². The molecule has 2 N–H and O–H groups in total. The van der Waals surface area contributed by atoms with Crippen LogP contribution in [0.3, 0.4) is 0 Å². The summed E-state index contributed by atoms with van der Waals surface area (Å²) in [5.41, 5.74) is 1.05. The molecule has 15 heavy (non-hydrogen) atoms. The number of rotatable bonds is 3. The lowest BCUT2D eigenvalue weighted by atomic mass is 9.98. The molecule has 0 saturated carbocycles. The molecule has 1 heterocycles. The molecule has 2 rings (SSSR count). The molecule has 1 aliphatic heterocycles. The molecule has 0 amide bonds. The van der Waals surface area contributed by atoms with Crippen molar-refractivity contribution in [3.63, 3.8) is 0 Å². The maximum absolute atomic E-state index is 6.07. The lowest BCUT2D eigenvalue weighted by Gasteiger charge is -2.23. The van der Waals surface area contributed by atoms with Crippen LogP contribution in [0, 0.1) is 5.92 Å². The van der Waals surface area contributed by atoms with E-state index in [-0.39, 0.29) is 0 Å². The number of halogens is 1. The van der Waals surface area contributed by atoms with Gasteiger partial charge in [-0.15, -0.1) is 0 Å². The summed E-state index contributed by atoms with van der Waals surface area (Å²) in [5, 5.41) is 7.60. The van der Waals surface area contributed by atoms with Gasteiger partial charge in [0.15, 0.2) is 0 Å². The van der Waals surface area contributed by atoms with Crippen molar-refractivity contribution in [1.29, 1.82) is 0 Å². The van der Waals surface area contributed by atoms with E-state index in [1.165, 1.54) is 12.8 Å². The Balaban J connectivity index is 1.84. The molecular formula is C12H17ClN2. The second kappa shape index (κ2) is 5.38. The molecule has 0 atom stereocenters. The molecule has 0 radical (unpaired) electrons. The number of piperidine rings is 1. The number of hydrogen-bond acceptors (Lipinski definition) is 2. The van der Waals surface area contributed by atoms with E-state index < -0.39 is 0 Å². The van der Waals surface area contributed by atoms with Gasteiger partial charge in [-0.3, -0.25) is 0 Å². The second-order valence-electron chi connectivity index (χ2n) is 4.05. The highest BCUT2D eigenvalue weighted by Crippen LogP contribution is 2.21. The molecule has 1 aromatic carbocycles. The number of para-hydroxylation sites is 1. The fourth-order valence-corrected chi connectivity index (χ4v) is 2.15. The Bertz CT molecular complexity index is 308. The zero-order chi connectivity index (χ0) is 10.5. The van der Waals surface area contributed by atoms with Crippen LogP contribution in [0.25, 0.3) is 0 Å². The van der Waals surface area contributed by atoms with E-state index in [0.29, 0.717) is 0 Å². The molecule has 82 valence electrons. The molecule has 0 aromatic heterocycles. The third-order valence-electron chi connectivity index (χ3n) is 2.91. The van der Waals surface area contributed by atoms with E-state index in [1.807, 2.05) is 24.3 Å². The predicted octanol–water partition coefficient (Wildman–Crippen LogP) is 2.75. The summed E-state index contributed by atoms with van der Waals surface area (Å²) in [6, 6.07) is 7.92. The Hall–Kier alpha value is -0.730. The van der Waals surface area contributed by atoms with Gasteiger partial charge in [0.2, 0.25) is 0 Å². The van der Waals surface area contributed by atoms with Crippen LogP contribution in [0.15, 0.2) is 24.3 Å². The quantitative estimate of drug-likeness (QED) is 0.825. The predicted molar refractivity (Wildman–Crippen MR) is 65.5 cm³/mol. The van der Waals surface area contributed by atoms with Crippen LogP contribution < -0.4 is 10.6 Å². The van der Waals surface area contributed by atoms with Crippen LogP contribution in [0.5, 0.6) is 0 Å². The molecule has 0 bridgehead atoms. The Kier molecular flexibility index (Phi) is 3.87. The summed E-state index contributed by atoms with van der Waals surface area (Å²) in [6.07, 6.45) is 2.52. The second-order valence-corrected chi connectivity index (χ2v) is 4.46. The third-order valence-corrected chi connectivity index (χ3v) is 3.24. The topological polar surface area (TPSA) is 24.1 Å². The highest BCUT2D eigenvalue weighted by Gasteiger charge is 2.12. The summed E-state index contributed by atoms with van der Waals surface area (Å²) < 4.78 is 0. The van der Waals surface area contributed by atoms with Gasteiger partial charge in [0.1, 0.15) is 0 Å². The lowest BCUT2D eigenvalue weighted by molar-refractivity contribution is 0.390. The number of anilines is 1. The Morgan fingerprint density at radius 3 is 2.73 bits per heavy atom. The minimum atomic E-state index is 0.780. The van der Waals surface area contributed by atoms with E-state index >= 15 is 0 Å². The molecular weight excluding hydrogens is 208 g/mol. The molecule has 2 nitrogen and oxygen atoms in total. The molecule has 1 fully saturated rings. The standard InChI is InChI=1S/C12H17ClN2/c13-11-3-1-2-4-12(11)15-9-10-5-7-14-8-6-10/h1-4,10,14-15H,5-9H2. The highest BCUT2D eigenvalue weighted by atomic mass is 35.5. The molecule has 3 heteroatoms. The van der Waals surface area contributed by atoms with Crippen LogP contribution in [0.4, 0.5) is 5.69 Å². The monoisotopic (exact) mass is 224 g/mol. The molecule has 1 aromatic rings. The van der Waals surface area contributed by atoms with Gasteiger partial charge in [-0.2, -0.15) is 0 Å². The van der Waals surface area contributed by atoms with Crippen molar-refractivity contribution in [2.45, 2.75) is 12.8 Å². The lowest BCUT2D eigenvalue weighted by Crippen LogP contribution is -2.31. The largest absolute Gasteiger partial charge is 0.384 e.